The molecule has 0 atom stereocenters. The van der Waals surface area contributed by atoms with Gasteiger partial charge >= 0.3 is 5.97 Å². The van der Waals surface area contributed by atoms with E-state index < -0.39 is 0 Å². The van der Waals surface area contributed by atoms with Crippen molar-refractivity contribution in [2.45, 2.75) is 78.1 Å². The van der Waals surface area contributed by atoms with Gasteiger partial charge in [0.15, 0.2) is 0 Å². The summed E-state index contributed by atoms with van der Waals surface area (Å²) >= 11 is 0. The van der Waals surface area contributed by atoms with Gasteiger partial charge in [-0.15, -0.1) is 0 Å². The SMILES string of the molecule is CCCCCCCCCCCOC(=O)CN(C)C(=O)c1ccc(CC)cc1. The minimum Gasteiger partial charge on any atom is -0.464 e. The van der Waals surface area contributed by atoms with E-state index in [2.05, 4.69) is 13.8 Å². The van der Waals surface area contributed by atoms with Gasteiger partial charge in [0.25, 0.3) is 5.91 Å². The van der Waals surface area contributed by atoms with Gasteiger partial charge < -0.3 is 9.64 Å². The van der Waals surface area contributed by atoms with Crippen LogP contribution in [0.15, 0.2) is 24.3 Å². The number of ether oxygens (including phenoxy) is 1. The van der Waals surface area contributed by atoms with Crippen LogP contribution in [0, 0.1) is 0 Å². The molecule has 27 heavy (non-hydrogen) atoms. The maximum atomic E-state index is 12.3. The Balaban J connectivity index is 2.12. The van der Waals surface area contributed by atoms with Gasteiger partial charge in [-0.05, 0) is 30.5 Å². The molecule has 1 amide bonds. The molecule has 0 unspecified atom stereocenters. The summed E-state index contributed by atoms with van der Waals surface area (Å²) in [4.78, 5) is 25.7. The molecule has 0 saturated carbocycles. The number of carbonyl (C=O) groups excluding carboxylic acids is 2. The number of unbranched alkanes of at least 4 members (excludes halogenated alkanes) is 8. The molecule has 0 aromatic heterocycles. The fraction of sp³-hybridized carbons (Fsp3) is 0.652. The molecule has 0 aliphatic carbocycles. The van der Waals surface area contributed by atoms with Crippen LogP contribution >= 0.6 is 0 Å². The zero-order valence-corrected chi connectivity index (χ0v) is 17.5. The molecule has 0 N–H and O–H groups in total. The maximum absolute atomic E-state index is 12.3. The van der Waals surface area contributed by atoms with Gasteiger partial charge in [0.2, 0.25) is 0 Å². The lowest BCUT2D eigenvalue weighted by atomic mass is 10.1. The van der Waals surface area contributed by atoms with Gasteiger partial charge in [0.05, 0.1) is 6.61 Å². The molecule has 0 spiro atoms. The monoisotopic (exact) mass is 375 g/mol. The fourth-order valence-electron chi connectivity index (χ4n) is 3.01. The molecule has 0 radical (unpaired) electrons. The standard InChI is InChI=1S/C23H37NO3/c1-4-6-7-8-9-10-11-12-13-18-27-22(25)19-24(3)23(26)21-16-14-20(5-2)15-17-21/h14-17H,4-13,18-19H2,1-3H3. The van der Waals surface area contributed by atoms with E-state index in [1.165, 1.54) is 55.4 Å². The van der Waals surface area contributed by atoms with E-state index in [1.807, 2.05) is 24.3 Å². The maximum Gasteiger partial charge on any atom is 0.325 e. The first-order valence-electron chi connectivity index (χ1n) is 10.6. The van der Waals surface area contributed by atoms with Crippen molar-refractivity contribution >= 4 is 11.9 Å². The summed E-state index contributed by atoms with van der Waals surface area (Å²) in [5, 5.41) is 0. The lowest BCUT2D eigenvalue weighted by Gasteiger charge is -2.16. The van der Waals surface area contributed by atoms with Crippen molar-refractivity contribution in [3.8, 4) is 0 Å². The Morgan fingerprint density at radius 2 is 1.41 bits per heavy atom. The lowest BCUT2D eigenvalue weighted by Crippen LogP contribution is -2.33. The second-order valence-electron chi connectivity index (χ2n) is 7.26. The molecule has 0 heterocycles. The average molecular weight is 376 g/mol. The normalized spacial score (nSPS) is 10.6. The summed E-state index contributed by atoms with van der Waals surface area (Å²) < 4.78 is 5.26. The Labute approximate surface area is 165 Å². The van der Waals surface area contributed by atoms with Crippen LogP contribution < -0.4 is 0 Å². The van der Waals surface area contributed by atoms with E-state index in [0.29, 0.717) is 12.2 Å². The number of esters is 1. The first kappa shape index (κ1) is 23.2. The third kappa shape index (κ3) is 10.2. The fourth-order valence-corrected chi connectivity index (χ4v) is 3.01. The number of likely N-dealkylation sites (N-methyl/N-ethyl adjacent to an activating group) is 1. The van der Waals surface area contributed by atoms with Crippen molar-refractivity contribution in [1.29, 1.82) is 0 Å². The minimum absolute atomic E-state index is 0.00814. The average Bonchev–Trinajstić information content (AvgIpc) is 2.68. The molecule has 0 aliphatic heterocycles. The van der Waals surface area contributed by atoms with Crippen LogP contribution in [0.4, 0.5) is 0 Å². The molecule has 1 aromatic carbocycles. The highest BCUT2D eigenvalue weighted by Crippen LogP contribution is 2.10. The van der Waals surface area contributed by atoms with Crippen molar-refractivity contribution in [1.82, 2.24) is 4.90 Å². The summed E-state index contributed by atoms with van der Waals surface area (Å²) in [6.45, 7) is 4.75. The molecule has 4 nitrogen and oxygen atoms in total. The highest BCUT2D eigenvalue weighted by Gasteiger charge is 2.15. The van der Waals surface area contributed by atoms with Crippen LogP contribution in [0.5, 0.6) is 0 Å². The molecular formula is C23H37NO3. The Bertz CT molecular complexity index is 539. The van der Waals surface area contributed by atoms with E-state index >= 15 is 0 Å². The number of hydrogen-bond donors (Lipinski definition) is 0. The summed E-state index contributed by atoms with van der Waals surface area (Å²) in [6.07, 6.45) is 12.0. The predicted molar refractivity (Wildman–Crippen MR) is 111 cm³/mol. The van der Waals surface area contributed by atoms with E-state index in [9.17, 15) is 9.59 Å². The van der Waals surface area contributed by atoms with Gasteiger partial charge in [-0.1, -0.05) is 77.3 Å². The van der Waals surface area contributed by atoms with Crippen molar-refractivity contribution in [2.75, 3.05) is 20.2 Å². The predicted octanol–water partition coefficient (Wildman–Crippen LogP) is 5.40. The Kier molecular flexibility index (Phi) is 12.2. The number of carbonyl (C=O) groups is 2. The number of hydrogen-bond acceptors (Lipinski definition) is 3. The van der Waals surface area contributed by atoms with E-state index in [1.54, 1.807) is 7.05 Å². The quantitative estimate of drug-likeness (QED) is 0.323. The Hall–Kier alpha value is -1.84. The molecule has 0 aliphatic rings. The van der Waals surface area contributed by atoms with Crippen molar-refractivity contribution in [3.63, 3.8) is 0 Å². The highest BCUT2D eigenvalue weighted by molar-refractivity contribution is 5.95. The second kappa shape index (κ2) is 14.2. The van der Waals surface area contributed by atoms with Crippen molar-refractivity contribution < 1.29 is 14.3 Å². The minimum atomic E-state index is -0.337. The molecule has 1 aromatic rings. The Morgan fingerprint density at radius 3 is 1.96 bits per heavy atom. The van der Waals surface area contributed by atoms with Crippen LogP contribution in [0.3, 0.4) is 0 Å². The third-order valence-electron chi connectivity index (χ3n) is 4.83. The topological polar surface area (TPSA) is 46.6 Å². The summed E-state index contributed by atoms with van der Waals surface area (Å²) in [5.74, 6) is -0.492. The summed E-state index contributed by atoms with van der Waals surface area (Å²) in [6, 6.07) is 7.52. The highest BCUT2D eigenvalue weighted by atomic mass is 16.5. The Morgan fingerprint density at radius 1 is 0.852 bits per heavy atom. The van der Waals surface area contributed by atoms with Crippen molar-refractivity contribution in [2.24, 2.45) is 0 Å². The molecule has 4 heteroatoms. The van der Waals surface area contributed by atoms with Crippen LogP contribution in [0.25, 0.3) is 0 Å². The van der Waals surface area contributed by atoms with Gasteiger partial charge in [0.1, 0.15) is 6.54 Å². The van der Waals surface area contributed by atoms with Gasteiger partial charge in [-0.3, -0.25) is 9.59 Å². The van der Waals surface area contributed by atoms with Gasteiger partial charge in [-0.25, -0.2) is 0 Å². The van der Waals surface area contributed by atoms with Gasteiger partial charge in [0, 0.05) is 12.6 Å². The van der Waals surface area contributed by atoms with E-state index in [0.717, 1.165) is 19.3 Å². The van der Waals surface area contributed by atoms with Crippen LogP contribution in [-0.4, -0.2) is 37.0 Å². The summed E-state index contributed by atoms with van der Waals surface area (Å²) in [7, 11) is 1.63. The summed E-state index contributed by atoms with van der Waals surface area (Å²) in [5.41, 5.74) is 1.79. The second-order valence-corrected chi connectivity index (χ2v) is 7.26. The zero-order valence-electron chi connectivity index (χ0n) is 17.5. The number of nitrogens with zero attached hydrogens (tertiary/aromatic N) is 1. The zero-order chi connectivity index (χ0) is 19.9. The number of aryl methyl sites for hydroxylation is 1. The first-order chi connectivity index (χ1) is 13.1. The van der Waals surface area contributed by atoms with Gasteiger partial charge in [-0.2, -0.15) is 0 Å². The number of amides is 1. The first-order valence-corrected chi connectivity index (χ1v) is 10.6. The molecule has 152 valence electrons. The lowest BCUT2D eigenvalue weighted by molar-refractivity contribution is -0.144. The molecule has 0 fully saturated rings. The van der Waals surface area contributed by atoms with E-state index in [-0.39, 0.29) is 18.4 Å². The van der Waals surface area contributed by atoms with Crippen molar-refractivity contribution in [3.05, 3.63) is 35.4 Å². The number of benzene rings is 1. The largest absolute Gasteiger partial charge is 0.464 e. The molecular weight excluding hydrogens is 338 g/mol. The molecule has 0 bridgehead atoms. The van der Waals surface area contributed by atoms with Crippen LogP contribution in [0.1, 0.15) is 87.6 Å². The smallest absolute Gasteiger partial charge is 0.325 e. The molecule has 1 rings (SSSR count). The number of rotatable bonds is 14. The van der Waals surface area contributed by atoms with Crippen LogP contribution in [0.2, 0.25) is 0 Å². The van der Waals surface area contributed by atoms with Crippen LogP contribution in [-0.2, 0) is 16.0 Å². The third-order valence-corrected chi connectivity index (χ3v) is 4.83. The van der Waals surface area contributed by atoms with E-state index in [4.69, 9.17) is 4.74 Å². The molecule has 0 saturated heterocycles.